The first kappa shape index (κ1) is 18.3. The Morgan fingerprint density at radius 1 is 1.18 bits per heavy atom. The number of nitrogens with zero attached hydrogens (tertiary/aromatic N) is 1. The van der Waals surface area contributed by atoms with Crippen molar-refractivity contribution in [3.63, 3.8) is 0 Å². The summed E-state index contributed by atoms with van der Waals surface area (Å²) in [5.41, 5.74) is 2.10. The quantitative estimate of drug-likeness (QED) is 0.640. The molecule has 7 heteroatoms. The molecule has 1 aromatic heterocycles. The van der Waals surface area contributed by atoms with Crippen LogP contribution in [0.5, 0.6) is 0 Å². The number of benzene rings is 2. The van der Waals surface area contributed by atoms with Crippen molar-refractivity contribution in [1.82, 2.24) is 15.5 Å². The summed E-state index contributed by atoms with van der Waals surface area (Å²) in [6.07, 6.45) is 5.28. The molecule has 144 valence electrons. The van der Waals surface area contributed by atoms with E-state index in [0.29, 0.717) is 23.1 Å². The van der Waals surface area contributed by atoms with Crippen LogP contribution in [0.4, 0.5) is 14.5 Å². The molecule has 1 saturated heterocycles. The van der Waals surface area contributed by atoms with Crippen LogP contribution in [0.3, 0.4) is 0 Å². The van der Waals surface area contributed by atoms with E-state index in [-0.39, 0.29) is 23.3 Å². The molecule has 0 aliphatic carbocycles. The predicted octanol–water partition coefficient (Wildman–Crippen LogP) is 3.95. The third-order valence-corrected chi connectivity index (χ3v) is 4.91. The second-order valence-corrected chi connectivity index (χ2v) is 6.90. The zero-order chi connectivity index (χ0) is 19.5. The number of amides is 1. The van der Waals surface area contributed by atoms with Gasteiger partial charge in [-0.1, -0.05) is 18.2 Å². The maximum Gasteiger partial charge on any atom is 0.228 e. The molecular formula is C21H20F2N4O. The van der Waals surface area contributed by atoms with Crippen molar-refractivity contribution in [3.8, 4) is 0 Å². The molecule has 3 aromatic rings. The van der Waals surface area contributed by atoms with Gasteiger partial charge < -0.3 is 10.6 Å². The third-order valence-electron chi connectivity index (χ3n) is 4.91. The lowest BCUT2D eigenvalue weighted by Gasteiger charge is -2.22. The van der Waals surface area contributed by atoms with Crippen LogP contribution in [-0.2, 0) is 4.79 Å². The first-order valence-corrected chi connectivity index (χ1v) is 9.23. The Hall–Kier alpha value is -3.06. The maximum atomic E-state index is 14.4. The fourth-order valence-electron chi connectivity index (χ4n) is 3.34. The number of H-pyrrole nitrogens is 1. The molecule has 3 N–H and O–H groups in total. The number of carbonyl (C=O) groups excluding carboxylic acids is 1. The van der Waals surface area contributed by atoms with Gasteiger partial charge in [0.05, 0.1) is 22.8 Å². The molecule has 1 amide bonds. The second kappa shape index (κ2) is 7.90. The maximum absolute atomic E-state index is 14.4. The van der Waals surface area contributed by atoms with Gasteiger partial charge in [0.2, 0.25) is 5.91 Å². The highest BCUT2D eigenvalue weighted by Crippen LogP contribution is 2.26. The van der Waals surface area contributed by atoms with Crippen LogP contribution in [0.2, 0.25) is 0 Å². The van der Waals surface area contributed by atoms with E-state index in [2.05, 4.69) is 20.8 Å². The van der Waals surface area contributed by atoms with Crippen molar-refractivity contribution >= 4 is 34.6 Å². The van der Waals surface area contributed by atoms with Gasteiger partial charge in [0.25, 0.3) is 0 Å². The summed E-state index contributed by atoms with van der Waals surface area (Å²) in [4.78, 5) is 12.4. The van der Waals surface area contributed by atoms with Crippen LogP contribution in [0, 0.1) is 17.6 Å². The van der Waals surface area contributed by atoms with Crippen molar-refractivity contribution < 1.29 is 13.6 Å². The molecule has 0 radical (unpaired) electrons. The minimum atomic E-state index is -0.512. The number of anilines is 1. The van der Waals surface area contributed by atoms with E-state index >= 15 is 0 Å². The van der Waals surface area contributed by atoms with E-state index in [1.807, 2.05) is 0 Å². The fourth-order valence-corrected chi connectivity index (χ4v) is 3.34. The molecule has 28 heavy (non-hydrogen) atoms. The Kier molecular flexibility index (Phi) is 5.16. The molecule has 1 fully saturated rings. The highest BCUT2D eigenvalue weighted by molar-refractivity contribution is 5.97. The van der Waals surface area contributed by atoms with Gasteiger partial charge in [0.15, 0.2) is 0 Å². The molecule has 5 nitrogen and oxygen atoms in total. The van der Waals surface area contributed by atoms with Crippen molar-refractivity contribution in [3.05, 3.63) is 59.3 Å². The van der Waals surface area contributed by atoms with Crippen molar-refractivity contribution in [2.45, 2.75) is 12.8 Å². The van der Waals surface area contributed by atoms with Crippen LogP contribution in [0.25, 0.3) is 23.1 Å². The van der Waals surface area contributed by atoms with Gasteiger partial charge in [-0.2, -0.15) is 5.10 Å². The molecule has 2 aromatic carbocycles. The van der Waals surface area contributed by atoms with Crippen LogP contribution in [0.1, 0.15) is 24.1 Å². The van der Waals surface area contributed by atoms with Crippen LogP contribution in [0.15, 0.2) is 36.4 Å². The van der Waals surface area contributed by atoms with Gasteiger partial charge in [-0.3, -0.25) is 9.89 Å². The van der Waals surface area contributed by atoms with Crippen LogP contribution < -0.4 is 10.6 Å². The number of fused-ring (bicyclic) bond motifs is 1. The van der Waals surface area contributed by atoms with Gasteiger partial charge in [0.1, 0.15) is 11.6 Å². The highest BCUT2D eigenvalue weighted by atomic mass is 19.1. The SMILES string of the molecule is O=C(Nc1cc2c(C=Cc3ccc(F)cc3)n[nH]c2cc1F)C1CCCNC1. The summed E-state index contributed by atoms with van der Waals surface area (Å²) >= 11 is 0. The summed E-state index contributed by atoms with van der Waals surface area (Å²) in [7, 11) is 0. The fraction of sp³-hybridized carbons (Fsp3) is 0.238. The first-order valence-electron chi connectivity index (χ1n) is 9.23. The minimum absolute atomic E-state index is 0.140. The topological polar surface area (TPSA) is 69.8 Å². The molecule has 0 bridgehead atoms. The molecule has 1 aliphatic rings. The average molecular weight is 382 g/mol. The smallest absolute Gasteiger partial charge is 0.228 e. The minimum Gasteiger partial charge on any atom is -0.323 e. The Balaban J connectivity index is 1.58. The summed E-state index contributed by atoms with van der Waals surface area (Å²) in [5, 5.41) is 13.6. The van der Waals surface area contributed by atoms with Gasteiger partial charge >= 0.3 is 0 Å². The van der Waals surface area contributed by atoms with E-state index in [4.69, 9.17) is 0 Å². The van der Waals surface area contributed by atoms with Gasteiger partial charge in [-0.15, -0.1) is 0 Å². The second-order valence-electron chi connectivity index (χ2n) is 6.90. The van der Waals surface area contributed by atoms with Crippen LogP contribution >= 0.6 is 0 Å². The molecule has 4 rings (SSSR count). The normalized spacial score (nSPS) is 17.3. The molecule has 0 spiro atoms. The number of hydrogen-bond acceptors (Lipinski definition) is 3. The first-order chi connectivity index (χ1) is 13.6. The zero-order valence-corrected chi connectivity index (χ0v) is 15.1. The highest BCUT2D eigenvalue weighted by Gasteiger charge is 2.22. The van der Waals surface area contributed by atoms with Crippen molar-refractivity contribution in [1.29, 1.82) is 0 Å². The molecular weight excluding hydrogens is 362 g/mol. The van der Waals surface area contributed by atoms with E-state index in [0.717, 1.165) is 24.9 Å². The Morgan fingerprint density at radius 3 is 2.75 bits per heavy atom. The molecule has 1 atom stereocenters. The van der Waals surface area contributed by atoms with E-state index < -0.39 is 5.82 Å². The lowest BCUT2D eigenvalue weighted by atomic mass is 9.98. The number of rotatable bonds is 4. The number of hydrogen-bond donors (Lipinski definition) is 3. The average Bonchev–Trinajstić information content (AvgIpc) is 3.10. The van der Waals surface area contributed by atoms with E-state index in [1.165, 1.54) is 18.2 Å². The summed E-state index contributed by atoms with van der Waals surface area (Å²) in [6, 6.07) is 8.99. The number of carbonyl (C=O) groups is 1. The molecule has 2 heterocycles. The number of halogens is 2. The van der Waals surface area contributed by atoms with E-state index in [9.17, 15) is 13.6 Å². The van der Waals surface area contributed by atoms with Gasteiger partial charge in [0, 0.05) is 18.0 Å². The Morgan fingerprint density at radius 2 is 2.00 bits per heavy atom. The Labute approximate surface area is 160 Å². The number of aromatic amines is 1. The van der Waals surface area contributed by atoms with Gasteiger partial charge in [-0.25, -0.2) is 8.78 Å². The zero-order valence-electron chi connectivity index (χ0n) is 15.1. The third kappa shape index (κ3) is 3.94. The Bertz CT molecular complexity index is 1020. The number of piperidine rings is 1. The predicted molar refractivity (Wildman–Crippen MR) is 106 cm³/mol. The van der Waals surface area contributed by atoms with Crippen molar-refractivity contribution in [2.24, 2.45) is 5.92 Å². The lowest BCUT2D eigenvalue weighted by Crippen LogP contribution is -2.37. The van der Waals surface area contributed by atoms with Crippen molar-refractivity contribution in [2.75, 3.05) is 18.4 Å². The lowest BCUT2D eigenvalue weighted by molar-refractivity contribution is -0.120. The summed E-state index contributed by atoms with van der Waals surface area (Å²) < 4.78 is 27.4. The molecule has 0 saturated carbocycles. The molecule has 1 aliphatic heterocycles. The number of aromatic nitrogens is 2. The summed E-state index contributed by atoms with van der Waals surface area (Å²) in [6.45, 7) is 1.51. The summed E-state index contributed by atoms with van der Waals surface area (Å²) in [5.74, 6) is -1.16. The van der Waals surface area contributed by atoms with Crippen LogP contribution in [-0.4, -0.2) is 29.2 Å². The molecule has 1 unspecified atom stereocenters. The number of nitrogens with one attached hydrogen (secondary N) is 3. The monoisotopic (exact) mass is 382 g/mol. The van der Waals surface area contributed by atoms with Gasteiger partial charge in [-0.05, 0) is 49.2 Å². The standard InChI is InChI=1S/C21H20F2N4O/c22-15-6-3-13(4-7-15)5-8-18-16-10-20(17(23)11-19(16)27-26-18)25-21(28)14-2-1-9-24-12-14/h3-8,10-11,14,24H,1-2,9,12H2,(H,25,28)(H,26,27). The van der Waals surface area contributed by atoms with E-state index in [1.54, 1.807) is 30.4 Å². The largest absolute Gasteiger partial charge is 0.323 e.